The molecule has 0 aliphatic carbocycles. The van der Waals surface area contributed by atoms with Gasteiger partial charge in [0.1, 0.15) is 11.6 Å². The quantitative estimate of drug-likeness (QED) is 0.294. The Morgan fingerprint density at radius 3 is 2.58 bits per heavy atom. The van der Waals surface area contributed by atoms with Gasteiger partial charge < -0.3 is 14.5 Å². The van der Waals surface area contributed by atoms with Gasteiger partial charge in [-0.05, 0) is 19.8 Å². The zero-order valence-corrected chi connectivity index (χ0v) is 14.2. The molecule has 0 N–H and O–H groups in total. The molecule has 1 atom stereocenters. The van der Waals surface area contributed by atoms with Crippen LogP contribution in [-0.4, -0.2) is 54.5 Å². The molecule has 0 radical (unpaired) electrons. The molecule has 1 aliphatic heterocycles. The van der Waals surface area contributed by atoms with Crippen molar-refractivity contribution in [3.05, 3.63) is 37.1 Å². The van der Waals surface area contributed by atoms with Gasteiger partial charge in [0.05, 0.1) is 12.5 Å². The lowest BCUT2D eigenvalue weighted by molar-refractivity contribution is -0.149. The average molecular weight is 331 g/mol. The van der Waals surface area contributed by atoms with Gasteiger partial charge in [0.2, 0.25) is 0 Å². The standard InChI is InChI=1S/C18H25N3O3/c1-4-9-21(10-5-2)17(22)16(12-19)14-20-11-7-8-15(13-20)18(23)24-6-3/h4-5,14-15H,1-2,6-11,13H2,3H3/b16-14-. The van der Waals surface area contributed by atoms with Crippen molar-refractivity contribution in [2.45, 2.75) is 19.8 Å². The second-order valence-electron chi connectivity index (χ2n) is 5.53. The number of amides is 1. The predicted molar refractivity (Wildman–Crippen MR) is 91.6 cm³/mol. The van der Waals surface area contributed by atoms with Crippen molar-refractivity contribution in [3.63, 3.8) is 0 Å². The summed E-state index contributed by atoms with van der Waals surface area (Å²) in [5, 5.41) is 9.34. The van der Waals surface area contributed by atoms with Crippen LogP contribution in [0, 0.1) is 17.2 Å². The van der Waals surface area contributed by atoms with E-state index >= 15 is 0 Å². The van der Waals surface area contributed by atoms with Crippen LogP contribution in [0.3, 0.4) is 0 Å². The SMILES string of the molecule is C=CCN(CC=C)C(=O)/C(C#N)=C\N1CCCC(C(=O)OCC)C1. The summed E-state index contributed by atoms with van der Waals surface area (Å²) < 4.78 is 5.06. The molecule has 1 fully saturated rings. The minimum absolute atomic E-state index is 0.0446. The molecule has 130 valence electrons. The number of rotatable bonds is 8. The maximum absolute atomic E-state index is 12.5. The highest BCUT2D eigenvalue weighted by Gasteiger charge is 2.26. The van der Waals surface area contributed by atoms with Crippen LogP contribution in [-0.2, 0) is 14.3 Å². The number of hydrogen-bond acceptors (Lipinski definition) is 5. The van der Waals surface area contributed by atoms with Crippen molar-refractivity contribution in [1.29, 1.82) is 5.26 Å². The van der Waals surface area contributed by atoms with Crippen LogP contribution in [0.25, 0.3) is 0 Å². The van der Waals surface area contributed by atoms with Crippen LogP contribution < -0.4 is 0 Å². The number of piperidine rings is 1. The molecule has 0 saturated carbocycles. The molecule has 0 aromatic rings. The van der Waals surface area contributed by atoms with Gasteiger partial charge in [0.25, 0.3) is 5.91 Å². The zero-order chi connectivity index (χ0) is 17.9. The summed E-state index contributed by atoms with van der Waals surface area (Å²) in [6.07, 6.45) is 6.34. The first kappa shape index (κ1) is 19.5. The number of ether oxygens (including phenoxy) is 1. The highest BCUT2D eigenvalue weighted by Crippen LogP contribution is 2.19. The lowest BCUT2D eigenvalue weighted by Gasteiger charge is -2.31. The van der Waals surface area contributed by atoms with Crippen LogP contribution in [0.2, 0.25) is 0 Å². The fraction of sp³-hybridized carbons (Fsp3) is 0.500. The van der Waals surface area contributed by atoms with E-state index in [1.54, 1.807) is 25.3 Å². The largest absolute Gasteiger partial charge is 0.466 e. The molecule has 1 saturated heterocycles. The second-order valence-corrected chi connectivity index (χ2v) is 5.53. The first-order chi connectivity index (χ1) is 11.6. The van der Waals surface area contributed by atoms with Gasteiger partial charge in [0, 0.05) is 32.4 Å². The number of likely N-dealkylation sites (tertiary alicyclic amines) is 1. The van der Waals surface area contributed by atoms with Crippen LogP contribution in [0.5, 0.6) is 0 Å². The third-order valence-electron chi connectivity index (χ3n) is 3.72. The zero-order valence-electron chi connectivity index (χ0n) is 14.2. The number of carbonyl (C=O) groups excluding carboxylic acids is 2. The van der Waals surface area contributed by atoms with Gasteiger partial charge >= 0.3 is 5.97 Å². The Balaban J connectivity index is 2.84. The van der Waals surface area contributed by atoms with E-state index < -0.39 is 0 Å². The van der Waals surface area contributed by atoms with Crippen molar-refractivity contribution in [1.82, 2.24) is 9.80 Å². The topological polar surface area (TPSA) is 73.6 Å². The monoisotopic (exact) mass is 331 g/mol. The molecule has 6 heteroatoms. The third kappa shape index (κ3) is 5.58. The van der Waals surface area contributed by atoms with E-state index in [-0.39, 0.29) is 23.4 Å². The number of nitrogens with zero attached hydrogens (tertiary/aromatic N) is 3. The summed E-state index contributed by atoms with van der Waals surface area (Å²) in [4.78, 5) is 27.7. The molecule has 1 heterocycles. The number of nitriles is 1. The Labute approximate surface area is 143 Å². The Kier molecular flexibility index (Phi) is 8.34. The Hall–Kier alpha value is -2.55. The average Bonchev–Trinajstić information content (AvgIpc) is 2.59. The summed E-state index contributed by atoms with van der Waals surface area (Å²) in [6, 6.07) is 1.96. The van der Waals surface area contributed by atoms with Crippen LogP contribution in [0.15, 0.2) is 37.1 Å². The molecular formula is C18H25N3O3. The summed E-state index contributed by atoms with van der Waals surface area (Å²) >= 11 is 0. The van der Waals surface area contributed by atoms with Gasteiger partial charge in [-0.25, -0.2) is 0 Å². The molecule has 1 unspecified atom stereocenters. The lowest BCUT2D eigenvalue weighted by Crippen LogP contribution is -2.38. The molecule has 1 rings (SSSR count). The second kappa shape index (κ2) is 10.3. The van der Waals surface area contributed by atoms with Crippen LogP contribution >= 0.6 is 0 Å². The lowest BCUT2D eigenvalue weighted by atomic mass is 9.98. The van der Waals surface area contributed by atoms with E-state index in [9.17, 15) is 14.9 Å². The van der Waals surface area contributed by atoms with E-state index in [2.05, 4.69) is 13.2 Å². The molecule has 1 aliphatic rings. The van der Waals surface area contributed by atoms with E-state index in [4.69, 9.17) is 4.74 Å². The van der Waals surface area contributed by atoms with E-state index in [1.807, 2.05) is 11.0 Å². The van der Waals surface area contributed by atoms with Gasteiger partial charge in [0.15, 0.2) is 0 Å². The molecule has 0 aromatic heterocycles. The fourth-order valence-electron chi connectivity index (χ4n) is 2.61. The van der Waals surface area contributed by atoms with E-state index in [0.29, 0.717) is 32.8 Å². The third-order valence-corrected chi connectivity index (χ3v) is 3.72. The molecule has 24 heavy (non-hydrogen) atoms. The van der Waals surface area contributed by atoms with Crippen molar-refractivity contribution in [3.8, 4) is 6.07 Å². The molecule has 6 nitrogen and oxygen atoms in total. The Bertz CT molecular complexity index is 538. The molecule has 0 aromatic carbocycles. The van der Waals surface area contributed by atoms with Crippen molar-refractivity contribution in [2.24, 2.45) is 5.92 Å². The summed E-state index contributed by atoms with van der Waals surface area (Å²) in [6.45, 7) is 11.2. The molecule has 0 bridgehead atoms. The first-order valence-corrected chi connectivity index (χ1v) is 8.11. The number of hydrogen-bond donors (Lipinski definition) is 0. The van der Waals surface area contributed by atoms with Crippen LogP contribution in [0.1, 0.15) is 19.8 Å². The van der Waals surface area contributed by atoms with E-state index in [1.165, 1.54) is 4.90 Å². The number of carbonyl (C=O) groups is 2. The smallest absolute Gasteiger partial charge is 0.310 e. The first-order valence-electron chi connectivity index (χ1n) is 8.11. The highest BCUT2D eigenvalue weighted by molar-refractivity contribution is 5.97. The molecular weight excluding hydrogens is 306 g/mol. The van der Waals surface area contributed by atoms with Crippen molar-refractivity contribution >= 4 is 11.9 Å². The van der Waals surface area contributed by atoms with Gasteiger partial charge in [-0.2, -0.15) is 5.26 Å². The Morgan fingerprint density at radius 2 is 2.04 bits per heavy atom. The summed E-state index contributed by atoms with van der Waals surface area (Å²) in [7, 11) is 0. The molecule has 0 spiro atoms. The maximum atomic E-state index is 12.5. The minimum atomic E-state index is -0.365. The van der Waals surface area contributed by atoms with Crippen molar-refractivity contribution in [2.75, 3.05) is 32.8 Å². The number of esters is 1. The van der Waals surface area contributed by atoms with E-state index in [0.717, 1.165) is 12.8 Å². The van der Waals surface area contributed by atoms with Gasteiger partial charge in [-0.1, -0.05) is 12.2 Å². The predicted octanol–water partition coefficient (Wildman–Crippen LogP) is 1.87. The van der Waals surface area contributed by atoms with Crippen LogP contribution in [0.4, 0.5) is 0 Å². The minimum Gasteiger partial charge on any atom is -0.466 e. The molecule has 1 amide bonds. The normalized spacial score (nSPS) is 17.6. The van der Waals surface area contributed by atoms with Gasteiger partial charge in [-0.15, -0.1) is 13.2 Å². The summed E-state index contributed by atoms with van der Waals surface area (Å²) in [5.41, 5.74) is 0.0446. The maximum Gasteiger partial charge on any atom is 0.310 e. The highest BCUT2D eigenvalue weighted by atomic mass is 16.5. The van der Waals surface area contributed by atoms with Crippen molar-refractivity contribution < 1.29 is 14.3 Å². The summed E-state index contributed by atoms with van der Waals surface area (Å²) in [5.74, 6) is -0.807. The fourth-order valence-corrected chi connectivity index (χ4v) is 2.61. The van der Waals surface area contributed by atoms with Gasteiger partial charge in [-0.3, -0.25) is 9.59 Å². The Morgan fingerprint density at radius 1 is 1.38 bits per heavy atom.